The Morgan fingerprint density at radius 2 is 0.614 bits per heavy atom. The van der Waals surface area contributed by atoms with E-state index in [1.54, 1.807) is 0 Å². The van der Waals surface area contributed by atoms with Gasteiger partial charge in [0, 0.05) is 12.8 Å². The topological polar surface area (TPSA) is 108 Å². The van der Waals surface area contributed by atoms with Crippen molar-refractivity contribution in [1.29, 1.82) is 0 Å². The molecular weight excluding hydrogens is 1110 g/mol. The Bertz CT molecular complexity index is 2140. The summed E-state index contributed by atoms with van der Waals surface area (Å²) in [6.45, 7) is 4.15. The minimum absolute atomic E-state index is 0.0167. The quantitative estimate of drug-likeness (QED) is 0.0211. The summed E-state index contributed by atoms with van der Waals surface area (Å²) in [6, 6.07) is 0. The lowest BCUT2D eigenvalue weighted by Crippen LogP contribution is -2.37. The second-order valence-electron chi connectivity index (χ2n) is 23.4. The molecule has 0 aromatic carbocycles. The van der Waals surface area contributed by atoms with E-state index in [9.17, 15) is 19.0 Å². The van der Waals surface area contributed by atoms with Crippen LogP contribution in [0.4, 0.5) is 0 Å². The van der Waals surface area contributed by atoms with Crippen LogP contribution in [0.1, 0.15) is 245 Å². The first-order chi connectivity index (χ1) is 43.0. The molecule has 0 aromatic rings. The van der Waals surface area contributed by atoms with Gasteiger partial charge in [0.25, 0.3) is 0 Å². The molecule has 9 nitrogen and oxygen atoms in total. The van der Waals surface area contributed by atoms with Gasteiger partial charge in [0.2, 0.25) is 0 Å². The smallest absolute Gasteiger partial charge is 0.462 e. The molecule has 0 rings (SSSR count). The number of ether oxygens (including phenoxy) is 2. The maximum atomic E-state index is 12.9. The van der Waals surface area contributed by atoms with Crippen LogP contribution in [0.5, 0.6) is 0 Å². The second-order valence-corrected chi connectivity index (χ2v) is 24.9. The number of esters is 2. The van der Waals surface area contributed by atoms with Crippen molar-refractivity contribution in [2.75, 3.05) is 47.5 Å². The van der Waals surface area contributed by atoms with E-state index in [0.717, 1.165) is 135 Å². The molecule has 10 heteroatoms. The SMILES string of the molecule is CC/C=C\C/C=C\C/C=C\C/C=C\C/C=C\C/C=C\C/C=C\C/C=C\CCCCCCCCCCCCCCCCC(=O)OC(COC(=O)CCCCC/C=C\C/C=C\C/C=C\C/C=C\C/C=C\C/C=C\C/C=C\CC)COP(=O)(O)OCC[N+](C)(C)C. The molecular formula is C78H127NO8P+. The minimum atomic E-state index is -4.41. The van der Waals surface area contributed by atoms with Crippen LogP contribution < -0.4 is 0 Å². The van der Waals surface area contributed by atoms with Crippen molar-refractivity contribution in [3.63, 3.8) is 0 Å². The predicted octanol–water partition coefficient (Wildman–Crippen LogP) is 22.7. The van der Waals surface area contributed by atoms with Gasteiger partial charge in [0.15, 0.2) is 6.10 Å². The van der Waals surface area contributed by atoms with E-state index in [0.29, 0.717) is 23.9 Å². The van der Waals surface area contributed by atoms with Crippen LogP contribution in [0, 0.1) is 0 Å². The number of carbonyl (C=O) groups excluding carboxylic acids is 2. The van der Waals surface area contributed by atoms with Crippen LogP contribution in [0.3, 0.4) is 0 Å². The van der Waals surface area contributed by atoms with Crippen LogP contribution in [-0.4, -0.2) is 74.9 Å². The van der Waals surface area contributed by atoms with Gasteiger partial charge in [-0.05, 0) is 135 Å². The van der Waals surface area contributed by atoms with E-state index >= 15 is 0 Å². The normalized spacial score (nSPS) is 14.3. The third-order valence-electron chi connectivity index (χ3n) is 13.9. The van der Waals surface area contributed by atoms with Crippen molar-refractivity contribution in [2.45, 2.75) is 251 Å². The van der Waals surface area contributed by atoms with Gasteiger partial charge in [0.1, 0.15) is 19.8 Å². The Balaban J connectivity index is 4.14. The van der Waals surface area contributed by atoms with Crippen molar-refractivity contribution >= 4 is 19.8 Å². The first-order valence-corrected chi connectivity index (χ1v) is 36.0. The number of hydrogen-bond acceptors (Lipinski definition) is 7. The fourth-order valence-electron chi connectivity index (χ4n) is 8.72. The first-order valence-electron chi connectivity index (χ1n) is 34.5. The molecule has 0 aliphatic carbocycles. The van der Waals surface area contributed by atoms with Gasteiger partial charge in [-0.2, -0.15) is 0 Å². The van der Waals surface area contributed by atoms with Crippen molar-refractivity contribution in [1.82, 2.24) is 0 Å². The highest BCUT2D eigenvalue weighted by Crippen LogP contribution is 2.43. The second kappa shape index (κ2) is 66.5. The number of quaternary nitrogens is 1. The monoisotopic (exact) mass is 1240 g/mol. The number of nitrogens with zero attached hydrogens (tertiary/aromatic N) is 1. The van der Waals surface area contributed by atoms with Crippen molar-refractivity contribution in [3.05, 3.63) is 182 Å². The summed E-state index contributed by atoms with van der Waals surface area (Å²) in [4.78, 5) is 35.8. The summed E-state index contributed by atoms with van der Waals surface area (Å²) in [5.74, 6) is -0.847. The molecule has 0 heterocycles. The molecule has 0 saturated heterocycles. The average Bonchev–Trinajstić information content (AvgIpc) is 3.68. The van der Waals surface area contributed by atoms with Gasteiger partial charge >= 0.3 is 19.8 Å². The largest absolute Gasteiger partial charge is 0.472 e. The summed E-state index contributed by atoms with van der Waals surface area (Å²) in [6.07, 6.45) is 103. The zero-order valence-electron chi connectivity index (χ0n) is 56.4. The Morgan fingerprint density at radius 3 is 0.920 bits per heavy atom. The number of unbranched alkanes of at least 4 members (excludes halogenated alkanes) is 17. The number of hydrogen-bond donors (Lipinski definition) is 1. The van der Waals surface area contributed by atoms with Crippen molar-refractivity contribution < 1.29 is 42.1 Å². The van der Waals surface area contributed by atoms with E-state index in [1.807, 2.05) is 21.1 Å². The third kappa shape index (κ3) is 70.2. The van der Waals surface area contributed by atoms with E-state index in [4.69, 9.17) is 18.5 Å². The van der Waals surface area contributed by atoms with E-state index in [-0.39, 0.29) is 26.1 Å². The molecule has 0 saturated carbocycles. The minimum Gasteiger partial charge on any atom is -0.462 e. The molecule has 0 fully saturated rings. The van der Waals surface area contributed by atoms with E-state index in [1.165, 1.54) is 70.6 Å². The molecule has 0 amide bonds. The van der Waals surface area contributed by atoms with Gasteiger partial charge in [-0.25, -0.2) is 4.57 Å². The maximum Gasteiger partial charge on any atom is 0.472 e. The third-order valence-corrected chi connectivity index (χ3v) is 14.9. The Hall–Kier alpha value is -4.89. The molecule has 0 aliphatic heterocycles. The van der Waals surface area contributed by atoms with Gasteiger partial charge in [-0.15, -0.1) is 0 Å². The van der Waals surface area contributed by atoms with Crippen LogP contribution in [0.15, 0.2) is 182 Å². The lowest BCUT2D eigenvalue weighted by atomic mass is 10.0. The molecule has 1 N–H and O–H groups in total. The van der Waals surface area contributed by atoms with Gasteiger partial charge in [0.05, 0.1) is 27.7 Å². The molecule has 0 bridgehead atoms. The van der Waals surface area contributed by atoms with Crippen molar-refractivity contribution in [3.8, 4) is 0 Å². The molecule has 0 aromatic heterocycles. The number of carbonyl (C=O) groups is 2. The fraction of sp³-hybridized carbons (Fsp3) is 0.590. The molecule has 0 aliphatic rings. The molecule has 88 heavy (non-hydrogen) atoms. The molecule has 496 valence electrons. The Labute approximate surface area is 540 Å². The standard InChI is InChI=1S/C78H126NO8P/c1-6-8-10-12-14-16-18-20-22-24-26-28-30-32-33-34-35-36-37-38-39-40-41-42-43-44-45-47-49-51-53-55-57-59-61-63-65-67-69-71-78(81)87-76(75-86-88(82,83)85-73-72-79(3,4)5)74-84-77(80)70-68-66-64-62-60-58-56-54-52-50-48-46-31-29-27-25-23-21-19-17-15-13-11-9-7-2/h8-11,14-17,20-23,26-29,32-33,35-36,38-39,41-42,46,48,52,54,58,60,76H,6-7,12-13,18-19,24-25,30-31,34,37,40,43-45,47,49-51,53,55-57,59,61-75H2,1-5H3/p+1/b10-8-,11-9-,16-14-,17-15-,22-20-,23-21-,28-26-,29-27-,33-32-,36-35-,39-38-,42-41-,48-46-,54-52-,60-58-. The summed E-state index contributed by atoms with van der Waals surface area (Å²) in [5.41, 5.74) is 0. The highest BCUT2D eigenvalue weighted by atomic mass is 31.2. The van der Waals surface area contributed by atoms with E-state index < -0.39 is 32.5 Å². The van der Waals surface area contributed by atoms with Gasteiger partial charge in [-0.3, -0.25) is 18.6 Å². The summed E-state index contributed by atoms with van der Waals surface area (Å²) in [5, 5.41) is 0. The van der Waals surface area contributed by atoms with Crippen LogP contribution in [-0.2, 0) is 32.7 Å². The Morgan fingerprint density at radius 1 is 0.352 bits per heavy atom. The summed E-state index contributed by atoms with van der Waals surface area (Å²) < 4.78 is 34.6. The maximum absolute atomic E-state index is 12.9. The number of likely N-dealkylation sites (N-methyl/N-ethyl adjacent to an activating group) is 1. The van der Waals surface area contributed by atoms with Gasteiger partial charge in [-0.1, -0.05) is 280 Å². The van der Waals surface area contributed by atoms with Crippen molar-refractivity contribution in [2.24, 2.45) is 0 Å². The van der Waals surface area contributed by atoms with Gasteiger partial charge < -0.3 is 18.9 Å². The highest BCUT2D eigenvalue weighted by Gasteiger charge is 2.27. The van der Waals surface area contributed by atoms with Crippen LogP contribution in [0.25, 0.3) is 0 Å². The first kappa shape index (κ1) is 83.1. The molecule has 2 atom stereocenters. The Kier molecular flexibility index (Phi) is 62.8. The lowest BCUT2D eigenvalue weighted by Gasteiger charge is -2.24. The summed E-state index contributed by atoms with van der Waals surface area (Å²) in [7, 11) is 1.44. The number of phosphoric acid groups is 1. The zero-order valence-corrected chi connectivity index (χ0v) is 57.3. The predicted molar refractivity (Wildman–Crippen MR) is 380 cm³/mol. The average molecular weight is 1240 g/mol. The van der Waals surface area contributed by atoms with Crippen LogP contribution in [0.2, 0.25) is 0 Å². The van der Waals surface area contributed by atoms with E-state index in [2.05, 4.69) is 196 Å². The highest BCUT2D eigenvalue weighted by molar-refractivity contribution is 7.47. The molecule has 0 radical (unpaired) electrons. The zero-order chi connectivity index (χ0) is 64.1. The molecule has 0 spiro atoms. The van der Waals surface area contributed by atoms with Crippen LogP contribution >= 0.6 is 7.82 Å². The number of rotatable bonds is 61. The molecule has 2 unspecified atom stereocenters. The number of allylic oxidation sites excluding steroid dienone is 30. The summed E-state index contributed by atoms with van der Waals surface area (Å²) >= 11 is 0. The number of phosphoric ester groups is 1. The fourth-order valence-corrected chi connectivity index (χ4v) is 9.46. The lowest BCUT2D eigenvalue weighted by molar-refractivity contribution is -0.870.